The highest BCUT2D eigenvalue weighted by atomic mass is 32.1. The molecule has 2 aromatic rings. The Labute approximate surface area is 123 Å². The number of nitrogens with one attached hydrogen (secondary N) is 1. The predicted octanol–water partition coefficient (Wildman–Crippen LogP) is 1.96. The van der Waals surface area contributed by atoms with Gasteiger partial charge in [0.1, 0.15) is 16.4 Å². The molecule has 1 N–H and O–H groups in total. The highest BCUT2D eigenvalue weighted by Crippen LogP contribution is 2.29. The van der Waals surface area contributed by atoms with Gasteiger partial charge in [-0.25, -0.2) is 4.98 Å². The van der Waals surface area contributed by atoms with Crippen LogP contribution >= 0.6 is 11.3 Å². The van der Waals surface area contributed by atoms with Crippen LogP contribution in [0.2, 0.25) is 0 Å². The van der Waals surface area contributed by atoms with E-state index in [0.29, 0.717) is 6.04 Å². The topological polar surface area (TPSA) is 53.9 Å². The molecule has 1 aliphatic rings. The minimum Gasteiger partial charge on any atom is -0.314 e. The molecule has 2 aromatic heterocycles. The third kappa shape index (κ3) is 2.87. The summed E-state index contributed by atoms with van der Waals surface area (Å²) in [6, 6.07) is 0.424. The molecule has 106 valence electrons. The summed E-state index contributed by atoms with van der Waals surface area (Å²) in [4.78, 5) is 15.7. The molecule has 3 heterocycles. The lowest BCUT2D eigenvalue weighted by atomic mass is 10.2. The maximum absolute atomic E-state index is 4.78. The fourth-order valence-electron chi connectivity index (χ4n) is 2.57. The largest absolute Gasteiger partial charge is 0.314 e. The molecular weight excluding hydrogens is 270 g/mol. The molecule has 1 aliphatic heterocycles. The van der Waals surface area contributed by atoms with Crippen molar-refractivity contribution in [3.63, 3.8) is 0 Å². The Kier molecular flexibility index (Phi) is 4.34. The van der Waals surface area contributed by atoms with Crippen LogP contribution in [0.15, 0.2) is 24.0 Å². The molecule has 1 saturated heterocycles. The number of hydrogen-bond acceptors (Lipinski definition) is 6. The van der Waals surface area contributed by atoms with Gasteiger partial charge in [0.2, 0.25) is 0 Å². The molecule has 20 heavy (non-hydrogen) atoms. The summed E-state index contributed by atoms with van der Waals surface area (Å²) >= 11 is 1.73. The molecule has 3 rings (SSSR count). The van der Waals surface area contributed by atoms with Gasteiger partial charge in [0.25, 0.3) is 0 Å². The van der Waals surface area contributed by atoms with Crippen molar-refractivity contribution in [2.45, 2.75) is 19.4 Å². The van der Waals surface area contributed by atoms with Crippen molar-refractivity contribution >= 4 is 11.3 Å². The lowest BCUT2D eigenvalue weighted by Gasteiger charge is -2.33. The summed E-state index contributed by atoms with van der Waals surface area (Å²) < 4.78 is 0. The van der Waals surface area contributed by atoms with Crippen LogP contribution in [0.4, 0.5) is 0 Å². The number of hydrogen-bond donors (Lipinski definition) is 1. The van der Waals surface area contributed by atoms with Crippen LogP contribution in [0.1, 0.15) is 24.4 Å². The minimum atomic E-state index is 0.424. The first-order valence-electron chi connectivity index (χ1n) is 7.05. The molecule has 0 aromatic carbocycles. The molecule has 1 atom stereocenters. The van der Waals surface area contributed by atoms with Gasteiger partial charge in [0, 0.05) is 44.0 Å². The van der Waals surface area contributed by atoms with Crippen LogP contribution in [0.5, 0.6) is 0 Å². The van der Waals surface area contributed by atoms with Crippen molar-refractivity contribution in [2.75, 3.05) is 26.2 Å². The van der Waals surface area contributed by atoms with Crippen molar-refractivity contribution < 1.29 is 0 Å². The predicted molar refractivity (Wildman–Crippen MR) is 80.6 cm³/mol. The van der Waals surface area contributed by atoms with Crippen LogP contribution < -0.4 is 5.32 Å². The van der Waals surface area contributed by atoms with E-state index < -0.39 is 0 Å². The Balaban J connectivity index is 1.80. The van der Waals surface area contributed by atoms with E-state index in [0.717, 1.165) is 44.0 Å². The molecule has 1 unspecified atom stereocenters. The Morgan fingerprint density at radius 3 is 2.85 bits per heavy atom. The van der Waals surface area contributed by atoms with Crippen LogP contribution in [0.3, 0.4) is 0 Å². The SMILES string of the molecule is CCC(c1nc(-c2cnccn2)cs1)N1CCNCC1. The number of aromatic nitrogens is 3. The quantitative estimate of drug-likeness (QED) is 0.932. The summed E-state index contributed by atoms with van der Waals surface area (Å²) in [6.45, 7) is 6.56. The fraction of sp³-hybridized carbons (Fsp3) is 0.500. The molecule has 1 fully saturated rings. The Bertz CT molecular complexity index is 536. The second-order valence-corrected chi connectivity index (χ2v) is 5.76. The Morgan fingerprint density at radius 2 is 2.15 bits per heavy atom. The van der Waals surface area contributed by atoms with Crippen molar-refractivity contribution in [1.29, 1.82) is 0 Å². The smallest absolute Gasteiger partial charge is 0.111 e. The van der Waals surface area contributed by atoms with Crippen LogP contribution in [0.25, 0.3) is 11.4 Å². The third-order valence-electron chi connectivity index (χ3n) is 3.61. The van der Waals surface area contributed by atoms with Gasteiger partial charge in [-0.3, -0.25) is 14.9 Å². The van der Waals surface area contributed by atoms with Crippen LogP contribution in [-0.2, 0) is 0 Å². The van der Waals surface area contributed by atoms with Crippen molar-refractivity contribution in [1.82, 2.24) is 25.2 Å². The molecule has 0 radical (unpaired) electrons. The highest BCUT2D eigenvalue weighted by molar-refractivity contribution is 7.10. The normalized spacial score (nSPS) is 18.1. The van der Waals surface area contributed by atoms with Gasteiger partial charge >= 0.3 is 0 Å². The number of thiazole rings is 1. The maximum Gasteiger partial charge on any atom is 0.111 e. The average Bonchev–Trinajstić information content (AvgIpc) is 3.00. The Morgan fingerprint density at radius 1 is 1.30 bits per heavy atom. The van der Waals surface area contributed by atoms with E-state index in [2.05, 4.69) is 32.5 Å². The summed E-state index contributed by atoms with van der Waals surface area (Å²) in [5, 5.41) is 6.68. The first-order valence-corrected chi connectivity index (χ1v) is 7.93. The number of rotatable bonds is 4. The molecular formula is C14H19N5S. The van der Waals surface area contributed by atoms with E-state index in [1.165, 1.54) is 5.01 Å². The van der Waals surface area contributed by atoms with Gasteiger partial charge in [-0.1, -0.05) is 6.92 Å². The number of piperazine rings is 1. The van der Waals surface area contributed by atoms with Crippen LogP contribution in [0, 0.1) is 0 Å². The van der Waals surface area contributed by atoms with Gasteiger partial charge in [-0.15, -0.1) is 11.3 Å². The molecule has 0 bridgehead atoms. The van der Waals surface area contributed by atoms with Gasteiger partial charge in [-0.2, -0.15) is 0 Å². The highest BCUT2D eigenvalue weighted by Gasteiger charge is 2.23. The standard InChI is InChI=1S/C14H19N5S/c1-2-13(19-7-5-15-6-8-19)14-18-12(10-20-14)11-9-16-3-4-17-11/h3-4,9-10,13,15H,2,5-8H2,1H3. The molecule has 0 spiro atoms. The zero-order chi connectivity index (χ0) is 13.8. The van der Waals surface area contributed by atoms with E-state index in [9.17, 15) is 0 Å². The Hall–Kier alpha value is -1.37. The zero-order valence-corrected chi connectivity index (χ0v) is 12.4. The van der Waals surface area contributed by atoms with Gasteiger partial charge in [0.05, 0.1) is 12.2 Å². The summed E-state index contributed by atoms with van der Waals surface area (Å²) in [6.07, 6.45) is 6.26. The number of nitrogens with zero attached hydrogens (tertiary/aromatic N) is 4. The average molecular weight is 289 g/mol. The first kappa shape index (κ1) is 13.6. The minimum absolute atomic E-state index is 0.424. The maximum atomic E-state index is 4.78. The zero-order valence-electron chi connectivity index (χ0n) is 11.6. The summed E-state index contributed by atoms with van der Waals surface area (Å²) in [7, 11) is 0. The van der Waals surface area contributed by atoms with E-state index in [1.54, 1.807) is 29.9 Å². The molecule has 0 amide bonds. The van der Waals surface area contributed by atoms with Gasteiger partial charge in [-0.05, 0) is 6.42 Å². The van der Waals surface area contributed by atoms with Crippen molar-refractivity contribution in [2.24, 2.45) is 0 Å². The van der Waals surface area contributed by atoms with Crippen molar-refractivity contribution in [3.05, 3.63) is 29.0 Å². The van der Waals surface area contributed by atoms with E-state index >= 15 is 0 Å². The lowest BCUT2D eigenvalue weighted by molar-refractivity contribution is 0.169. The second-order valence-electron chi connectivity index (χ2n) is 4.87. The molecule has 0 aliphatic carbocycles. The van der Waals surface area contributed by atoms with Gasteiger partial charge in [0.15, 0.2) is 0 Å². The second kappa shape index (κ2) is 6.39. The first-order chi connectivity index (χ1) is 9.88. The summed E-state index contributed by atoms with van der Waals surface area (Å²) in [5.41, 5.74) is 1.79. The van der Waals surface area contributed by atoms with Crippen LogP contribution in [-0.4, -0.2) is 46.0 Å². The van der Waals surface area contributed by atoms with E-state index in [-0.39, 0.29) is 0 Å². The van der Waals surface area contributed by atoms with E-state index in [4.69, 9.17) is 4.98 Å². The third-order valence-corrected chi connectivity index (χ3v) is 4.56. The van der Waals surface area contributed by atoms with Gasteiger partial charge < -0.3 is 5.32 Å². The monoisotopic (exact) mass is 289 g/mol. The molecule has 0 saturated carbocycles. The lowest BCUT2D eigenvalue weighted by Crippen LogP contribution is -2.45. The molecule has 5 nitrogen and oxygen atoms in total. The molecule has 6 heteroatoms. The summed E-state index contributed by atoms with van der Waals surface area (Å²) in [5.74, 6) is 0. The van der Waals surface area contributed by atoms with Crippen molar-refractivity contribution in [3.8, 4) is 11.4 Å². The fourth-order valence-corrected chi connectivity index (χ4v) is 3.60. The van der Waals surface area contributed by atoms with E-state index in [1.807, 2.05) is 0 Å².